The molecule has 0 spiro atoms. The van der Waals surface area contributed by atoms with Gasteiger partial charge in [-0.25, -0.2) is 0 Å². The molecule has 0 aliphatic heterocycles. The lowest BCUT2D eigenvalue weighted by atomic mass is 10.0. The van der Waals surface area contributed by atoms with Crippen LogP contribution in [0.5, 0.6) is 0 Å². The van der Waals surface area contributed by atoms with Gasteiger partial charge in [0.15, 0.2) is 0 Å². The van der Waals surface area contributed by atoms with Crippen molar-refractivity contribution in [2.24, 2.45) is 0 Å². The molecule has 0 fully saturated rings. The van der Waals surface area contributed by atoms with Crippen LogP contribution in [0.4, 0.5) is 0 Å². The molecule has 2 nitrogen and oxygen atoms in total. The van der Waals surface area contributed by atoms with Crippen molar-refractivity contribution in [3.05, 3.63) is 70.3 Å². The number of hydrogen-bond donors (Lipinski definition) is 1. The summed E-state index contributed by atoms with van der Waals surface area (Å²) >= 11 is 0. The highest BCUT2D eigenvalue weighted by molar-refractivity contribution is 5.79. The second kappa shape index (κ2) is 7.26. The van der Waals surface area contributed by atoms with E-state index in [2.05, 4.69) is 68.6 Å². The standard InChI is InChI=1S/C20H25NO/c1-5-17-8-10-18(11-9-17)16(4)21-20(22)13-19-12-14(2)6-7-15(19)3/h6-12,16H,5,13H2,1-4H3,(H,21,22). The van der Waals surface area contributed by atoms with Crippen molar-refractivity contribution in [2.45, 2.75) is 46.6 Å². The second-order valence-electron chi connectivity index (χ2n) is 5.99. The first kappa shape index (κ1) is 16.3. The molecule has 1 atom stereocenters. The third-order valence-electron chi connectivity index (χ3n) is 4.12. The van der Waals surface area contributed by atoms with Crippen LogP contribution in [0.3, 0.4) is 0 Å². The van der Waals surface area contributed by atoms with Crippen LogP contribution < -0.4 is 5.32 Å². The first-order valence-corrected chi connectivity index (χ1v) is 7.94. The summed E-state index contributed by atoms with van der Waals surface area (Å²) in [4.78, 5) is 12.3. The van der Waals surface area contributed by atoms with E-state index in [1.807, 2.05) is 6.92 Å². The average molecular weight is 295 g/mol. The monoisotopic (exact) mass is 295 g/mol. The fraction of sp³-hybridized carbons (Fsp3) is 0.350. The van der Waals surface area contributed by atoms with E-state index in [9.17, 15) is 4.79 Å². The van der Waals surface area contributed by atoms with Crippen LogP contribution in [0.15, 0.2) is 42.5 Å². The van der Waals surface area contributed by atoms with E-state index in [1.165, 1.54) is 16.7 Å². The van der Waals surface area contributed by atoms with Crippen molar-refractivity contribution in [3.63, 3.8) is 0 Å². The molecule has 0 heterocycles. The van der Waals surface area contributed by atoms with Crippen LogP contribution in [0.25, 0.3) is 0 Å². The lowest BCUT2D eigenvalue weighted by molar-refractivity contribution is -0.121. The predicted molar refractivity (Wildman–Crippen MR) is 92.0 cm³/mol. The number of nitrogens with one attached hydrogen (secondary N) is 1. The van der Waals surface area contributed by atoms with E-state index in [1.54, 1.807) is 0 Å². The predicted octanol–water partition coefficient (Wildman–Crippen LogP) is 4.29. The first-order chi connectivity index (χ1) is 10.5. The highest BCUT2D eigenvalue weighted by Crippen LogP contribution is 2.15. The van der Waals surface area contributed by atoms with E-state index in [0.29, 0.717) is 6.42 Å². The van der Waals surface area contributed by atoms with Crippen LogP contribution in [0.2, 0.25) is 0 Å². The maximum Gasteiger partial charge on any atom is 0.224 e. The van der Waals surface area contributed by atoms with Gasteiger partial charge < -0.3 is 5.32 Å². The largest absolute Gasteiger partial charge is 0.349 e. The molecule has 2 heteroatoms. The van der Waals surface area contributed by atoms with Crippen molar-refractivity contribution in [3.8, 4) is 0 Å². The molecule has 2 rings (SSSR count). The fourth-order valence-corrected chi connectivity index (χ4v) is 2.58. The summed E-state index contributed by atoms with van der Waals surface area (Å²) in [6, 6.07) is 14.7. The second-order valence-corrected chi connectivity index (χ2v) is 5.99. The van der Waals surface area contributed by atoms with E-state index >= 15 is 0 Å². The smallest absolute Gasteiger partial charge is 0.224 e. The Bertz CT molecular complexity index is 643. The van der Waals surface area contributed by atoms with Crippen molar-refractivity contribution >= 4 is 5.91 Å². The number of carbonyl (C=O) groups is 1. The zero-order chi connectivity index (χ0) is 16.1. The number of rotatable bonds is 5. The van der Waals surface area contributed by atoms with Gasteiger partial charge in [0.2, 0.25) is 5.91 Å². The van der Waals surface area contributed by atoms with Crippen LogP contribution in [0, 0.1) is 13.8 Å². The maximum absolute atomic E-state index is 12.3. The molecule has 0 radical (unpaired) electrons. The Morgan fingerprint density at radius 3 is 2.41 bits per heavy atom. The Balaban J connectivity index is 2.00. The van der Waals surface area contributed by atoms with Gasteiger partial charge in [0.1, 0.15) is 0 Å². The molecule has 116 valence electrons. The number of carbonyl (C=O) groups excluding carboxylic acids is 1. The summed E-state index contributed by atoms with van der Waals surface area (Å²) in [5.74, 6) is 0.0702. The minimum Gasteiger partial charge on any atom is -0.349 e. The van der Waals surface area contributed by atoms with Gasteiger partial charge in [0.05, 0.1) is 12.5 Å². The maximum atomic E-state index is 12.3. The third-order valence-corrected chi connectivity index (χ3v) is 4.12. The molecule has 22 heavy (non-hydrogen) atoms. The molecule has 1 N–H and O–H groups in total. The van der Waals surface area contributed by atoms with Crippen LogP contribution >= 0.6 is 0 Å². The number of aryl methyl sites for hydroxylation is 3. The Morgan fingerprint density at radius 2 is 1.77 bits per heavy atom. The number of amides is 1. The van der Waals surface area contributed by atoms with E-state index in [4.69, 9.17) is 0 Å². The molecule has 2 aromatic carbocycles. The molecule has 0 aromatic heterocycles. The van der Waals surface area contributed by atoms with Gasteiger partial charge in [-0.2, -0.15) is 0 Å². The molecule has 0 bridgehead atoms. The lowest BCUT2D eigenvalue weighted by Gasteiger charge is -2.15. The highest BCUT2D eigenvalue weighted by atomic mass is 16.1. The molecule has 0 aliphatic carbocycles. The van der Waals surface area contributed by atoms with Crippen molar-refractivity contribution in [2.75, 3.05) is 0 Å². The fourth-order valence-electron chi connectivity index (χ4n) is 2.58. The zero-order valence-electron chi connectivity index (χ0n) is 13.9. The van der Waals surface area contributed by atoms with E-state index in [-0.39, 0.29) is 11.9 Å². The van der Waals surface area contributed by atoms with Crippen molar-refractivity contribution in [1.82, 2.24) is 5.32 Å². The lowest BCUT2D eigenvalue weighted by Crippen LogP contribution is -2.28. The number of benzene rings is 2. The SMILES string of the molecule is CCc1ccc(C(C)NC(=O)Cc2cc(C)ccc2C)cc1. The quantitative estimate of drug-likeness (QED) is 0.876. The van der Waals surface area contributed by atoms with E-state index in [0.717, 1.165) is 17.5 Å². The molecule has 1 unspecified atom stereocenters. The highest BCUT2D eigenvalue weighted by Gasteiger charge is 2.11. The Hall–Kier alpha value is -2.09. The molecule has 1 amide bonds. The average Bonchev–Trinajstić information content (AvgIpc) is 2.51. The summed E-state index contributed by atoms with van der Waals surface area (Å²) in [5, 5.41) is 3.09. The summed E-state index contributed by atoms with van der Waals surface area (Å²) < 4.78 is 0. The van der Waals surface area contributed by atoms with Gasteiger partial charge >= 0.3 is 0 Å². The molecule has 0 saturated heterocycles. The molecular formula is C20H25NO. The van der Waals surface area contributed by atoms with Crippen molar-refractivity contribution < 1.29 is 4.79 Å². The summed E-state index contributed by atoms with van der Waals surface area (Å²) in [5.41, 5.74) is 5.92. The minimum absolute atomic E-state index is 0.0310. The first-order valence-electron chi connectivity index (χ1n) is 7.94. The van der Waals surface area contributed by atoms with Gasteiger partial charge in [-0.1, -0.05) is 55.0 Å². The van der Waals surface area contributed by atoms with Gasteiger partial charge in [-0.15, -0.1) is 0 Å². The summed E-state index contributed by atoms with van der Waals surface area (Å²) in [6.45, 7) is 8.28. The molecule has 0 saturated carbocycles. The Kier molecular flexibility index (Phi) is 5.37. The normalized spacial score (nSPS) is 12.0. The molecular weight excluding hydrogens is 270 g/mol. The summed E-state index contributed by atoms with van der Waals surface area (Å²) in [7, 11) is 0. The molecule has 0 aliphatic rings. The topological polar surface area (TPSA) is 29.1 Å². The van der Waals surface area contributed by atoms with Crippen LogP contribution in [-0.4, -0.2) is 5.91 Å². The van der Waals surface area contributed by atoms with Crippen molar-refractivity contribution in [1.29, 1.82) is 0 Å². The Morgan fingerprint density at radius 1 is 1.09 bits per heavy atom. The van der Waals surface area contributed by atoms with Crippen LogP contribution in [0.1, 0.15) is 47.7 Å². The third kappa shape index (κ3) is 4.20. The minimum atomic E-state index is 0.0310. The Labute approximate surface area is 133 Å². The van der Waals surface area contributed by atoms with Gasteiger partial charge in [0.25, 0.3) is 0 Å². The van der Waals surface area contributed by atoms with Gasteiger partial charge in [0, 0.05) is 0 Å². The number of hydrogen-bond acceptors (Lipinski definition) is 1. The van der Waals surface area contributed by atoms with Gasteiger partial charge in [-0.05, 0) is 49.4 Å². The van der Waals surface area contributed by atoms with Crippen LogP contribution in [-0.2, 0) is 17.6 Å². The van der Waals surface area contributed by atoms with Gasteiger partial charge in [-0.3, -0.25) is 4.79 Å². The van der Waals surface area contributed by atoms with E-state index < -0.39 is 0 Å². The summed E-state index contributed by atoms with van der Waals surface area (Å²) in [6.07, 6.45) is 1.47. The molecule has 2 aromatic rings. The zero-order valence-corrected chi connectivity index (χ0v) is 13.9.